The molecule has 0 spiro atoms. The maximum Gasteiger partial charge on any atom is 0.496 e. The summed E-state index contributed by atoms with van der Waals surface area (Å²) in [5, 5.41) is 0.719. The van der Waals surface area contributed by atoms with Crippen molar-refractivity contribution in [2.24, 2.45) is 0 Å². The molecule has 6 nitrogen and oxygen atoms in total. The lowest BCUT2D eigenvalue weighted by atomic mass is 9.77. The van der Waals surface area contributed by atoms with Gasteiger partial charge in [-0.25, -0.2) is 17.4 Å². The lowest BCUT2D eigenvalue weighted by Gasteiger charge is -2.32. The molecule has 1 saturated heterocycles. The average Bonchev–Trinajstić information content (AvgIpc) is 3.12. The molecule has 29 heavy (non-hydrogen) atoms. The summed E-state index contributed by atoms with van der Waals surface area (Å²) in [5.74, 6) is 0. The van der Waals surface area contributed by atoms with Crippen molar-refractivity contribution in [3.8, 4) is 0 Å². The number of pyridine rings is 1. The van der Waals surface area contributed by atoms with Gasteiger partial charge in [-0.3, -0.25) is 0 Å². The SMILES string of the molecule is Cc1ccc(S(=O)(=O)n2ccc3cc(B4OC(C)(C)C(C)(C)O4)c(C)nc32)cc1. The van der Waals surface area contributed by atoms with Crippen molar-refractivity contribution >= 4 is 33.6 Å². The summed E-state index contributed by atoms with van der Waals surface area (Å²) >= 11 is 0. The van der Waals surface area contributed by atoms with Gasteiger partial charge in [0.1, 0.15) is 0 Å². The first-order valence-corrected chi connectivity index (χ1v) is 11.0. The molecule has 152 valence electrons. The van der Waals surface area contributed by atoms with Gasteiger partial charge in [-0.2, -0.15) is 0 Å². The number of hydrogen-bond acceptors (Lipinski definition) is 5. The Labute approximate surface area is 172 Å². The van der Waals surface area contributed by atoms with E-state index in [1.807, 2.05) is 47.6 Å². The predicted octanol–water partition coefficient (Wildman–Crippen LogP) is 3.19. The molecule has 1 fully saturated rings. The van der Waals surface area contributed by atoms with E-state index in [1.54, 1.807) is 36.5 Å². The molecule has 4 rings (SSSR count). The first kappa shape index (κ1) is 20.1. The molecule has 1 aromatic carbocycles. The third kappa shape index (κ3) is 3.19. The molecule has 0 N–H and O–H groups in total. The van der Waals surface area contributed by atoms with Gasteiger partial charge in [0.15, 0.2) is 5.65 Å². The summed E-state index contributed by atoms with van der Waals surface area (Å²) in [4.78, 5) is 4.84. The molecule has 0 radical (unpaired) electrons. The zero-order valence-corrected chi connectivity index (χ0v) is 18.4. The highest BCUT2D eigenvalue weighted by Crippen LogP contribution is 2.37. The molecule has 3 heterocycles. The van der Waals surface area contributed by atoms with Crippen LogP contribution in [0.5, 0.6) is 0 Å². The summed E-state index contributed by atoms with van der Waals surface area (Å²) in [7, 11) is -4.28. The van der Waals surface area contributed by atoms with Crippen molar-refractivity contribution < 1.29 is 17.7 Å². The van der Waals surface area contributed by atoms with Crippen LogP contribution in [-0.2, 0) is 19.3 Å². The number of nitrogens with zero attached hydrogens (tertiary/aromatic N) is 2. The van der Waals surface area contributed by atoms with Crippen LogP contribution in [0.15, 0.2) is 47.5 Å². The van der Waals surface area contributed by atoms with E-state index in [-0.39, 0.29) is 4.90 Å². The molecule has 2 aromatic heterocycles. The Bertz CT molecular complexity index is 1180. The van der Waals surface area contributed by atoms with E-state index < -0.39 is 28.3 Å². The fourth-order valence-electron chi connectivity index (χ4n) is 3.37. The average molecular weight is 412 g/mol. The van der Waals surface area contributed by atoms with Gasteiger partial charge in [0.25, 0.3) is 10.0 Å². The van der Waals surface area contributed by atoms with Crippen LogP contribution in [-0.4, -0.2) is 35.7 Å². The molecule has 0 amide bonds. The Hall–Kier alpha value is -2.16. The van der Waals surface area contributed by atoms with Gasteiger partial charge < -0.3 is 9.31 Å². The van der Waals surface area contributed by atoms with Gasteiger partial charge in [-0.1, -0.05) is 17.7 Å². The van der Waals surface area contributed by atoms with E-state index in [4.69, 9.17) is 9.31 Å². The van der Waals surface area contributed by atoms with Crippen molar-refractivity contribution in [2.75, 3.05) is 0 Å². The smallest absolute Gasteiger partial charge is 0.399 e. The number of hydrogen-bond donors (Lipinski definition) is 0. The number of aromatic nitrogens is 2. The summed E-state index contributed by atoms with van der Waals surface area (Å²) in [6.07, 6.45) is 1.54. The summed E-state index contributed by atoms with van der Waals surface area (Å²) in [6, 6.07) is 10.5. The first-order valence-electron chi connectivity index (χ1n) is 9.59. The van der Waals surface area contributed by atoms with E-state index in [1.165, 1.54) is 3.97 Å². The summed E-state index contributed by atoms with van der Waals surface area (Å²) in [6.45, 7) is 11.8. The van der Waals surface area contributed by atoms with Crippen molar-refractivity contribution in [1.82, 2.24) is 8.96 Å². The Kier molecular flexibility index (Phi) is 4.46. The molecule has 0 unspecified atom stereocenters. The van der Waals surface area contributed by atoms with Crippen molar-refractivity contribution in [1.29, 1.82) is 0 Å². The standard InChI is InChI=1S/C21H25BN2O4S/c1-14-7-9-17(10-8-14)29(25,26)24-12-11-16-13-18(15(2)23-19(16)24)22-27-20(3,4)21(5,6)28-22/h7-13H,1-6H3. The molecule has 0 atom stereocenters. The normalized spacial score (nSPS) is 18.5. The minimum Gasteiger partial charge on any atom is -0.399 e. The number of rotatable bonds is 3. The van der Waals surface area contributed by atoms with E-state index in [9.17, 15) is 8.42 Å². The van der Waals surface area contributed by atoms with Crippen LogP contribution in [0.2, 0.25) is 0 Å². The van der Waals surface area contributed by atoms with Gasteiger partial charge in [-0.15, -0.1) is 0 Å². The molecule has 3 aromatic rings. The number of aryl methyl sites for hydroxylation is 2. The predicted molar refractivity (Wildman–Crippen MR) is 114 cm³/mol. The quantitative estimate of drug-likeness (QED) is 0.618. The van der Waals surface area contributed by atoms with E-state index >= 15 is 0 Å². The highest BCUT2D eigenvalue weighted by Gasteiger charge is 2.52. The Balaban J connectivity index is 1.78. The topological polar surface area (TPSA) is 70.4 Å². The van der Waals surface area contributed by atoms with E-state index in [0.29, 0.717) is 11.3 Å². The largest absolute Gasteiger partial charge is 0.496 e. The molecule has 8 heteroatoms. The molecule has 0 aliphatic carbocycles. The van der Waals surface area contributed by atoms with E-state index in [2.05, 4.69) is 4.98 Å². The third-order valence-corrected chi connectivity index (χ3v) is 7.62. The zero-order valence-electron chi connectivity index (χ0n) is 17.6. The Morgan fingerprint density at radius 3 is 2.14 bits per heavy atom. The third-order valence-electron chi connectivity index (χ3n) is 5.94. The van der Waals surface area contributed by atoms with Gasteiger partial charge in [0, 0.05) is 22.7 Å². The Morgan fingerprint density at radius 2 is 1.55 bits per heavy atom. The van der Waals surface area contributed by atoms with E-state index in [0.717, 1.165) is 16.4 Å². The van der Waals surface area contributed by atoms with Gasteiger partial charge in [0.2, 0.25) is 0 Å². The van der Waals surface area contributed by atoms with Crippen LogP contribution in [0, 0.1) is 13.8 Å². The van der Waals surface area contributed by atoms with Crippen LogP contribution < -0.4 is 5.46 Å². The fourth-order valence-corrected chi connectivity index (χ4v) is 4.67. The fraction of sp³-hybridized carbons (Fsp3) is 0.381. The minimum atomic E-state index is -3.73. The van der Waals surface area contributed by atoms with Crippen LogP contribution >= 0.6 is 0 Å². The minimum absolute atomic E-state index is 0.232. The molecule has 0 bridgehead atoms. The molecular formula is C21H25BN2O4S. The summed E-state index contributed by atoms with van der Waals surface area (Å²) < 4.78 is 39.8. The van der Waals surface area contributed by atoms with Crippen LogP contribution in [0.3, 0.4) is 0 Å². The Morgan fingerprint density at radius 1 is 0.966 bits per heavy atom. The van der Waals surface area contributed by atoms with Gasteiger partial charge >= 0.3 is 7.12 Å². The van der Waals surface area contributed by atoms with Crippen LogP contribution in [0.1, 0.15) is 39.0 Å². The van der Waals surface area contributed by atoms with Crippen molar-refractivity contribution in [3.05, 3.63) is 53.9 Å². The monoisotopic (exact) mass is 412 g/mol. The number of benzene rings is 1. The second kappa shape index (κ2) is 6.42. The second-order valence-corrected chi connectivity index (χ2v) is 10.4. The molecule has 1 aliphatic heterocycles. The molecule has 1 aliphatic rings. The van der Waals surface area contributed by atoms with Gasteiger partial charge in [-0.05, 0) is 65.8 Å². The first-order chi connectivity index (χ1) is 13.4. The maximum absolute atomic E-state index is 13.1. The van der Waals surface area contributed by atoms with Crippen LogP contribution in [0.25, 0.3) is 11.0 Å². The van der Waals surface area contributed by atoms with Gasteiger partial charge in [0.05, 0.1) is 16.1 Å². The lowest BCUT2D eigenvalue weighted by molar-refractivity contribution is 0.00578. The second-order valence-electron chi connectivity index (χ2n) is 8.59. The molecule has 0 saturated carbocycles. The van der Waals surface area contributed by atoms with Crippen LogP contribution in [0.4, 0.5) is 0 Å². The summed E-state index contributed by atoms with van der Waals surface area (Å²) in [5.41, 5.74) is 1.96. The van der Waals surface area contributed by atoms with Crippen molar-refractivity contribution in [3.63, 3.8) is 0 Å². The zero-order chi connectivity index (χ0) is 21.2. The van der Waals surface area contributed by atoms with Crippen molar-refractivity contribution in [2.45, 2.75) is 57.6 Å². The highest BCUT2D eigenvalue weighted by atomic mass is 32.2. The maximum atomic E-state index is 13.1. The molecular weight excluding hydrogens is 387 g/mol. The highest BCUT2D eigenvalue weighted by molar-refractivity contribution is 7.90. The number of fused-ring (bicyclic) bond motifs is 1. The lowest BCUT2D eigenvalue weighted by Crippen LogP contribution is -2.41.